The van der Waals surface area contributed by atoms with Gasteiger partial charge in [0.2, 0.25) is 0 Å². The van der Waals surface area contributed by atoms with Crippen LogP contribution < -0.4 is 11.1 Å². The van der Waals surface area contributed by atoms with E-state index in [4.69, 9.17) is 24.7 Å². The first-order chi connectivity index (χ1) is 19.9. The molecule has 0 aromatic heterocycles. The molecular formula is C29H27ClN4O8. The molecule has 0 saturated carbocycles. The summed E-state index contributed by atoms with van der Waals surface area (Å²) in [4.78, 5) is 57.0. The maximum Gasteiger partial charge on any atom is 0.338 e. The van der Waals surface area contributed by atoms with Crippen molar-refractivity contribution in [1.29, 1.82) is 0 Å². The Bertz CT molecular complexity index is 1440. The average Bonchev–Trinajstić information content (AvgIpc) is 3.33. The molecule has 2 aliphatic heterocycles. The van der Waals surface area contributed by atoms with E-state index >= 15 is 0 Å². The minimum atomic E-state index is -1.32. The Morgan fingerprint density at radius 1 is 0.810 bits per heavy atom. The highest BCUT2D eigenvalue weighted by molar-refractivity contribution is 5.97. The van der Waals surface area contributed by atoms with Crippen LogP contribution in [-0.2, 0) is 18.9 Å². The highest BCUT2D eigenvalue weighted by Crippen LogP contribution is 2.32. The Kier molecular flexibility index (Phi) is 9.73. The van der Waals surface area contributed by atoms with Gasteiger partial charge in [-0.1, -0.05) is 54.6 Å². The molecule has 1 fully saturated rings. The Labute approximate surface area is 246 Å². The Balaban J connectivity index is 0.00000405. The van der Waals surface area contributed by atoms with E-state index in [-0.39, 0.29) is 42.8 Å². The molecule has 42 heavy (non-hydrogen) atoms. The van der Waals surface area contributed by atoms with Gasteiger partial charge >= 0.3 is 23.9 Å². The van der Waals surface area contributed by atoms with Crippen LogP contribution >= 0.6 is 12.4 Å². The van der Waals surface area contributed by atoms with Gasteiger partial charge in [0.15, 0.2) is 24.4 Å². The molecular weight excluding hydrogens is 568 g/mol. The van der Waals surface area contributed by atoms with Crippen LogP contribution in [0.3, 0.4) is 0 Å². The van der Waals surface area contributed by atoms with E-state index in [1.54, 1.807) is 91.0 Å². The maximum absolute atomic E-state index is 13.2. The molecule has 2 amide bonds. The van der Waals surface area contributed by atoms with Gasteiger partial charge in [0, 0.05) is 0 Å². The SMILES string of the molecule is Cl.NC1=NCN(C2OC(COC(=O)c3ccccc3)C(OC(=O)c3ccccc3)C2OC(=O)c2ccccc2)C(=O)N1. The fourth-order valence-electron chi connectivity index (χ4n) is 4.34. The van der Waals surface area contributed by atoms with E-state index in [2.05, 4.69) is 10.3 Å². The normalized spacial score (nSPS) is 21.3. The van der Waals surface area contributed by atoms with Gasteiger partial charge in [0.1, 0.15) is 19.4 Å². The smallest absolute Gasteiger partial charge is 0.338 e. The van der Waals surface area contributed by atoms with Crippen LogP contribution in [0.1, 0.15) is 31.1 Å². The molecule has 218 valence electrons. The van der Waals surface area contributed by atoms with Gasteiger partial charge in [-0.15, -0.1) is 12.4 Å². The third kappa shape index (κ3) is 6.85. The number of urea groups is 1. The summed E-state index contributed by atoms with van der Waals surface area (Å²) in [6, 6.07) is 24.0. The third-order valence-electron chi connectivity index (χ3n) is 6.38. The number of nitrogens with zero attached hydrogens (tertiary/aromatic N) is 2. The van der Waals surface area contributed by atoms with Crippen molar-refractivity contribution in [3.05, 3.63) is 108 Å². The monoisotopic (exact) mass is 594 g/mol. The number of rotatable bonds is 8. The number of amides is 2. The highest BCUT2D eigenvalue weighted by atomic mass is 35.5. The van der Waals surface area contributed by atoms with Crippen LogP contribution in [0.2, 0.25) is 0 Å². The van der Waals surface area contributed by atoms with Gasteiger partial charge in [-0.05, 0) is 36.4 Å². The molecule has 12 nitrogen and oxygen atoms in total. The molecule has 4 unspecified atom stereocenters. The number of nitrogens with one attached hydrogen (secondary N) is 1. The fourth-order valence-corrected chi connectivity index (χ4v) is 4.34. The predicted octanol–water partition coefficient (Wildman–Crippen LogP) is 2.74. The number of hydrogen-bond donors (Lipinski definition) is 2. The van der Waals surface area contributed by atoms with Crippen LogP contribution in [-0.4, -0.2) is 72.6 Å². The molecule has 13 heteroatoms. The molecule has 0 aliphatic carbocycles. The van der Waals surface area contributed by atoms with Crippen molar-refractivity contribution in [3.63, 3.8) is 0 Å². The maximum atomic E-state index is 13.2. The molecule has 5 rings (SSSR count). The van der Waals surface area contributed by atoms with Crippen molar-refractivity contribution in [2.75, 3.05) is 13.3 Å². The number of ether oxygens (including phenoxy) is 4. The second-order valence-electron chi connectivity index (χ2n) is 9.09. The molecule has 4 atom stereocenters. The largest absolute Gasteiger partial charge is 0.459 e. The lowest BCUT2D eigenvalue weighted by Gasteiger charge is -2.33. The summed E-state index contributed by atoms with van der Waals surface area (Å²) in [6.45, 7) is -0.602. The van der Waals surface area contributed by atoms with Crippen molar-refractivity contribution in [3.8, 4) is 0 Å². The molecule has 3 N–H and O–H groups in total. The first kappa shape index (κ1) is 30.0. The molecule has 0 spiro atoms. The van der Waals surface area contributed by atoms with Gasteiger partial charge < -0.3 is 24.7 Å². The average molecular weight is 595 g/mol. The predicted molar refractivity (Wildman–Crippen MR) is 151 cm³/mol. The zero-order valence-electron chi connectivity index (χ0n) is 22.0. The van der Waals surface area contributed by atoms with E-state index in [0.717, 1.165) is 4.90 Å². The van der Waals surface area contributed by atoms with Gasteiger partial charge in [0.25, 0.3) is 0 Å². The number of carbonyl (C=O) groups excluding carboxylic acids is 4. The summed E-state index contributed by atoms with van der Waals surface area (Å²) in [5.41, 5.74) is 6.39. The first-order valence-corrected chi connectivity index (χ1v) is 12.7. The van der Waals surface area contributed by atoms with Crippen molar-refractivity contribution in [1.82, 2.24) is 10.2 Å². The van der Waals surface area contributed by atoms with Crippen LogP contribution in [0.15, 0.2) is 96.0 Å². The van der Waals surface area contributed by atoms with E-state index in [1.165, 1.54) is 0 Å². The molecule has 2 heterocycles. The van der Waals surface area contributed by atoms with Gasteiger partial charge in [-0.25, -0.2) is 24.2 Å². The standard InChI is InChI=1S/C29H26N4O8.ClH/c30-28-31-17-33(29(37)32-28)24-23(41-27(36)20-14-8-3-9-15-20)22(40-26(35)19-12-6-2-7-13-19)21(39-24)16-38-25(34)18-10-4-1-5-11-18;/h1-15,21-24H,16-17H2,(H3,30,31,32,37);1H. The second-order valence-corrected chi connectivity index (χ2v) is 9.09. The number of benzene rings is 3. The van der Waals surface area contributed by atoms with E-state index in [0.29, 0.717) is 5.56 Å². The second kappa shape index (κ2) is 13.6. The van der Waals surface area contributed by atoms with Crippen molar-refractivity contribution in [2.45, 2.75) is 24.5 Å². The van der Waals surface area contributed by atoms with Crippen molar-refractivity contribution < 1.29 is 38.1 Å². The number of nitrogens with two attached hydrogens (primary N) is 1. The van der Waals surface area contributed by atoms with Crippen molar-refractivity contribution in [2.24, 2.45) is 10.7 Å². The Morgan fingerprint density at radius 2 is 1.29 bits per heavy atom. The van der Waals surface area contributed by atoms with Gasteiger partial charge in [0.05, 0.1) is 16.7 Å². The number of aliphatic imine (C=N–C) groups is 1. The number of carbonyl (C=O) groups is 4. The summed E-state index contributed by atoms with van der Waals surface area (Å²) in [6.07, 6.45) is -4.99. The summed E-state index contributed by atoms with van der Waals surface area (Å²) in [5.74, 6) is -2.21. The van der Waals surface area contributed by atoms with Gasteiger partial charge in [-0.3, -0.25) is 10.2 Å². The lowest BCUT2D eigenvalue weighted by Crippen LogP contribution is -2.57. The lowest BCUT2D eigenvalue weighted by molar-refractivity contribution is -0.0849. The van der Waals surface area contributed by atoms with Crippen LogP contribution in [0, 0.1) is 0 Å². The number of hydrogen-bond acceptors (Lipinski definition) is 10. The van der Waals surface area contributed by atoms with E-state index in [9.17, 15) is 19.2 Å². The highest BCUT2D eigenvalue weighted by Gasteiger charge is 2.54. The zero-order valence-corrected chi connectivity index (χ0v) is 22.8. The lowest BCUT2D eigenvalue weighted by atomic mass is 10.1. The Morgan fingerprint density at radius 3 is 1.79 bits per heavy atom. The topological polar surface area (TPSA) is 159 Å². The number of halogens is 1. The van der Waals surface area contributed by atoms with Crippen LogP contribution in [0.5, 0.6) is 0 Å². The molecule has 0 bridgehead atoms. The van der Waals surface area contributed by atoms with Crippen molar-refractivity contribution >= 4 is 42.3 Å². The fraction of sp³-hybridized carbons (Fsp3) is 0.207. The molecule has 1 saturated heterocycles. The summed E-state index contributed by atoms with van der Waals surface area (Å²) in [5, 5.41) is 2.38. The number of guanidine groups is 1. The van der Waals surface area contributed by atoms with Crippen LogP contribution in [0.25, 0.3) is 0 Å². The molecule has 3 aromatic rings. The van der Waals surface area contributed by atoms with Crippen LogP contribution in [0.4, 0.5) is 4.79 Å². The number of esters is 3. The third-order valence-corrected chi connectivity index (χ3v) is 6.38. The summed E-state index contributed by atoms with van der Waals surface area (Å²) >= 11 is 0. The summed E-state index contributed by atoms with van der Waals surface area (Å²) in [7, 11) is 0. The minimum absolute atomic E-state index is 0. The molecule has 3 aromatic carbocycles. The summed E-state index contributed by atoms with van der Waals surface area (Å²) < 4.78 is 23.2. The molecule has 2 aliphatic rings. The molecule has 0 radical (unpaired) electrons. The zero-order chi connectivity index (χ0) is 28.8. The van der Waals surface area contributed by atoms with E-state index < -0.39 is 48.5 Å². The quantitative estimate of drug-likeness (QED) is 0.295. The first-order valence-electron chi connectivity index (χ1n) is 12.7. The van der Waals surface area contributed by atoms with E-state index in [1.807, 2.05) is 0 Å². The minimum Gasteiger partial charge on any atom is -0.459 e. The van der Waals surface area contributed by atoms with Gasteiger partial charge in [-0.2, -0.15) is 0 Å². The Hall–Kier alpha value is -4.94.